The molecule has 0 amide bonds. The first-order valence-corrected chi connectivity index (χ1v) is 11.3. The van der Waals surface area contributed by atoms with Crippen LogP contribution in [0.2, 0.25) is 0 Å². The number of aromatic nitrogens is 2. The molecule has 168 valence electrons. The lowest BCUT2D eigenvalue weighted by Crippen LogP contribution is -2.36. The largest absolute Gasteiger partial charge is 0.381 e. The van der Waals surface area contributed by atoms with Crippen LogP contribution in [0.5, 0.6) is 0 Å². The molecule has 2 aromatic carbocycles. The summed E-state index contributed by atoms with van der Waals surface area (Å²) in [5.41, 5.74) is 1.16. The van der Waals surface area contributed by atoms with Crippen LogP contribution in [-0.2, 0) is 23.1 Å². The third-order valence-electron chi connectivity index (χ3n) is 5.11. The Balaban J connectivity index is 1.53. The van der Waals surface area contributed by atoms with Gasteiger partial charge in [-0.3, -0.25) is 9.62 Å². The molecule has 0 saturated carbocycles. The van der Waals surface area contributed by atoms with Crippen LogP contribution in [0.15, 0.2) is 53.6 Å². The third kappa shape index (κ3) is 4.83. The fourth-order valence-electron chi connectivity index (χ4n) is 3.38. The molecule has 3 aromatic rings. The Bertz CT molecular complexity index is 1200. The molecule has 2 heterocycles. The van der Waals surface area contributed by atoms with Crippen LogP contribution in [0.1, 0.15) is 17.5 Å². The zero-order chi connectivity index (χ0) is 22.7. The van der Waals surface area contributed by atoms with E-state index in [2.05, 4.69) is 20.4 Å². The molecule has 1 saturated heterocycles. The summed E-state index contributed by atoms with van der Waals surface area (Å²) in [6, 6.07) is 9.18. The highest BCUT2D eigenvalue weighted by molar-refractivity contribution is 7.92. The predicted octanol–water partition coefficient (Wildman–Crippen LogP) is 3.51. The fourth-order valence-corrected chi connectivity index (χ4v) is 4.50. The monoisotopic (exact) mass is 463 g/mol. The number of hydrogen-bond acceptors (Lipinski definition) is 6. The summed E-state index contributed by atoms with van der Waals surface area (Å²) < 4.78 is 70.4. The van der Waals surface area contributed by atoms with Crippen molar-refractivity contribution in [3.63, 3.8) is 0 Å². The van der Waals surface area contributed by atoms with Crippen LogP contribution in [-0.4, -0.2) is 36.6 Å². The van der Waals surface area contributed by atoms with Crippen LogP contribution in [0.3, 0.4) is 0 Å². The Kier molecular flexibility index (Phi) is 6.28. The molecule has 0 atom stereocenters. The lowest BCUT2D eigenvalue weighted by atomic mass is 10.0. The number of sulfonamides is 1. The molecule has 1 aliphatic heterocycles. The topological polar surface area (TPSA) is 87.2 Å². The second kappa shape index (κ2) is 9.13. The maximum atomic E-state index is 14.6. The number of anilines is 2. The van der Waals surface area contributed by atoms with Gasteiger partial charge in [-0.1, -0.05) is 12.1 Å². The van der Waals surface area contributed by atoms with Crippen LogP contribution in [0, 0.1) is 17.5 Å². The summed E-state index contributed by atoms with van der Waals surface area (Å²) >= 11 is 0. The van der Waals surface area contributed by atoms with Crippen molar-refractivity contribution in [2.45, 2.75) is 24.4 Å². The van der Waals surface area contributed by atoms with Gasteiger partial charge in [0, 0.05) is 30.5 Å². The quantitative estimate of drug-likeness (QED) is 0.532. The van der Waals surface area contributed by atoms with E-state index in [0.717, 1.165) is 37.2 Å². The highest BCUT2D eigenvalue weighted by Gasteiger charge is 2.26. The van der Waals surface area contributed by atoms with E-state index in [9.17, 15) is 21.6 Å². The maximum absolute atomic E-state index is 14.6. The third-order valence-corrected chi connectivity index (χ3v) is 6.51. The summed E-state index contributed by atoms with van der Waals surface area (Å²) in [6.45, 7) is 2.46. The molecule has 1 fully saturated rings. The van der Waals surface area contributed by atoms with Crippen molar-refractivity contribution in [2.24, 2.45) is 0 Å². The molecule has 0 bridgehead atoms. The van der Waals surface area contributed by atoms with E-state index >= 15 is 0 Å². The number of halogens is 3. The van der Waals surface area contributed by atoms with Gasteiger partial charge in [-0.15, -0.1) is 5.10 Å². The van der Waals surface area contributed by atoms with Crippen LogP contribution >= 0.6 is 0 Å². The molecule has 4 rings (SSSR count). The van der Waals surface area contributed by atoms with Crippen LogP contribution in [0.25, 0.3) is 0 Å². The SMILES string of the molecule is O=S(=O)(Nc1cccnn1)c1c(F)cc(NCc2c(F)cccc2CN2CCC2)cc1F. The van der Waals surface area contributed by atoms with Crippen LogP contribution in [0.4, 0.5) is 24.7 Å². The van der Waals surface area contributed by atoms with Gasteiger partial charge in [0.15, 0.2) is 10.7 Å². The number of hydrogen-bond donors (Lipinski definition) is 2. The van der Waals surface area contributed by atoms with Crippen molar-refractivity contribution in [3.05, 3.63) is 77.2 Å². The van der Waals surface area contributed by atoms with Crippen molar-refractivity contribution in [3.8, 4) is 0 Å². The van der Waals surface area contributed by atoms with E-state index in [-0.39, 0.29) is 18.1 Å². The molecule has 0 spiro atoms. The van der Waals surface area contributed by atoms with E-state index in [1.807, 2.05) is 10.8 Å². The molecule has 2 N–H and O–H groups in total. The summed E-state index contributed by atoms with van der Waals surface area (Å²) in [6.07, 6.45) is 2.42. The maximum Gasteiger partial charge on any atom is 0.268 e. The second-order valence-electron chi connectivity index (χ2n) is 7.34. The number of rotatable bonds is 8. The number of nitrogens with one attached hydrogen (secondary N) is 2. The molecular formula is C21H20F3N5O2S. The first-order valence-electron chi connectivity index (χ1n) is 9.85. The summed E-state index contributed by atoms with van der Waals surface area (Å²) in [7, 11) is -4.58. The van der Waals surface area contributed by atoms with E-state index < -0.39 is 32.4 Å². The zero-order valence-electron chi connectivity index (χ0n) is 16.9. The summed E-state index contributed by atoms with van der Waals surface area (Å²) in [5.74, 6) is -3.19. The minimum Gasteiger partial charge on any atom is -0.381 e. The van der Waals surface area contributed by atoms with Crippen molar-refractivity contribution in [1.82, 2.24) is 15.1 Å². The molecule has 0 aliphatic carbocycles. The van der Waals surface area contributed by atoms with Gasteiger partial charge in [0.1, 0.15) is 17.5 Å². The first kappa shape index (κ1) is 22.0. The van der Waals surface area contributed by atoms with Gasteiger partial charge >= 0.3 is 0 Å². The Morgan fingerprint density at radius 2 is 1.75 bits per heavy atom. The van der Waals surface area contributed by atoms with E-state index in [0.29, 0.717) is 12.1 Å². The normalized spacial score (nSPS) is 14.1. The first-order chi connectivity index (χ1) is 15.3. The van der Waals surface area contributed by atoms with Gasteiger partial charge in [-0.05, 0) is 55.4 Å². The lowest BCUT2D eigenvalue weighted by molar-refractivity contribution is 0.172. The van der Waals surface area contributed by atoms with Crippen LogP contribution < -0.4 is 10.0 Å². The highest BCUT2D eigenvalue weighted by atomic mass is 32.2. The average Bonchev–Trinajstić information content (AvgIpc) is 2.69. The van der Waals surface area contributed by atoms with Gasteiger partial charge in [0.2, 0.25) is 0 Å². The number of benzene rings is 2. The van der Waals surface area contributed by atoms with Gasteiger partial charge in [0.25, 0.3) is 10.0 Å². The standard InChI is InChI=1S/C21H20F3N5O2S/c22-17-5-1-4-14(13-29-8-3-9-29)16(17)12-25-15-10-18(23)21(19(24)11-15)32(30,31)28-20-6-2-7-26-27-20/h1-2,4-7,10-11,25H,3,8-9,12-13H2,(H,27,28). The minimum atomic E-state index is -4.58. The molecule has 7 nitrogen and oxygen atoms in total. The second-order valence-corrected chi connectivity index (χ2v) is 8.96. The molecule has 1 aliphatic rings. The van der Waals surface area contributed by atoms with E-state index in [4.69, 9.17) is 0 Å². The van der Waals surface area contributed by atoms with Gasteiger partial charge in [-0.25, -0.2) is 21.6 Å². The van der Waals surface area contributed by atoms with Gasteiger partial charge < -0.3 is 5.32 Å². The fraction of sp³-hybridized carbons (Fsp3) is 0.238. The van der Waals surface area contributed by atoms with Crippen molar-refractivity contribution in [1.29, 1.82) is 0 Å². The zero-order valence-corrected chi connectivity index (χ0v) is 17.7. The summed E-state index contributed by atoms with van der Waals surface area (Å²) in [5, 5.41) is 9.83. The number of likely N-dealkylation sites (tertiary alicyclic amines) is 1. The van der Waals surface area contributed by atoms with Gasteiger partial charge in [0.05, 0.1) is 0 Å². The Labute approximate surface area is 183 Å². The molecule has 11 heteroatoms. The van der Waals surface area contributed by atoms with E-state index in [1.165, 1.54) is 24.4 Å². The molecule has 0 unspecified atom stereocenters. The molecular weight excluding hydrogens is 443 g/mol. The lowest BCUT2D eigenvalue weighted by Gasteiger charge is -2.31. The van der Waals surface area contributed by atoms with E-state index in [1.54, 1.807) is 6.07 Å². The van der Waals surface area contributed by atoms with Crippen molar-refractivity contribution >= 4 is 21.5 Å². The molecule has 32 heavy (non-hydrogen) atoms. The highest BCUT2D eigenvalue weighted by Crippen LogP contribution is 2.26. The molecule has 0 radical (unpaired) electrons. The minimum absolute atomic E-state index is 0.0152. The predicted molar refractivity (Wildman–Crippen MR) is 113 cm³/mol. The smallest absolute Gasteiger partial charge is 0.268 e. The summed E-state index contributed by atoms with van der Waals surface area (Å²) in [4.78, 5) is 1.03. The van der Waals surface area contributed by atoms with Gasteiger partial charge in [-0.2, -0.15) is 5.10 Å². The van der Waals surface area contributed by atoms with Crippen molar-refractivity contribution in [2.75, 3.05) is 23.1 Å². The van der Waals surface area contributed by atoms with Crippen molar-refractivity contribution < 1.29 is 21.6 Å². The average molecular weight is 463 g/mol. The Morgan fingerprint density at radius 1 is 1.00 bits per heavy atom. The Hall–Kier alpha value is -3.18. The number of nitrogens with zero attached hydrogens (tertiary/aromatic N) is 3. The Morgan fingerprint density at radius 3 is 2.38 bits per heavy atom. The molecule has 1 aromatic heterocycles.